The molecule has 2 saturated carbocycles. The van der Waals surface area contributed by atoms with E-state index in [1.165, 1.54) is 6.42 Å². The lowest BCUT2D eigenvalue weighted by Gasteiger charge is -2.42. The molecule has 3 N–H and O–H groups in total. The zero-order chi connectivity index (χ0) is 12.5. The SMILES string of the molecule is CC1CCCCC1(CN)NS(=O)(=O)CC1CC1.Cl. The lowest BCUT2D eigenvalue weighted by molar-refractivity contribution is 0.191. The summed E-state index contributed by atoms with van der Waals surface area (Å²) in [6, 6.07) is 0. The average molecular weight is 297 g/mol. The van der Waals surface area contributed by atoms with Crippen molar-refractivity contribution in [2.24, 2.45) is 17.6 Å². The quantitative estimate of drug-likeness (QED) is 0.810. The van der Waals surface area contributed by atoms with Gasteiger partial charge in [0.15, 0.2) is 0 Å². The molecule has 0 aromatic heterocycles. The number of halogens is 1. The molecule has 0 aromatic carbocycles. The largest absolute Gasteiger partial charge is 0.329 e. The molecule has 0 aliphatic heterocycles. The summed E-state index contributed by atoms with van der Waals surface area (Å²) in [6.45, 7) is 2.53. The summed E-state index contributed by atoms with van der Waals surface area (Å²) < 4.78 is 27.1. The zero-order valence-corrected chi connectivity index (χ0v) is 12.7. The monoisotopic (exact) mass is 296 g/mol. The average Bonchev–Trinajstić information content (AvgIpc) is 3.04. The van der Waals surface area contributed by atoms with E-state index in [9.17, 15) is 8.42 Å². The van der Waals surface area contributed by atoms with Gasteiger partial charge in [-0.2, -0.15) is 0 Å². The molecule has 18 heavy (non-hydrogen) atoms. The van der Waals surface area contributed by atoms with Crippen LogP contribution in [0.4, 0.5) is 0 Å². The van der Waals surface area contributed by atoms with Gasteiger partial charge >= 0.3 is 0 Å². The summed E-state index contributed by atoms with van der Waals surface area (Å²) in [6.07, 6.45) is 6.34. The van der Waals surface area contributed by atoms with Crippen LogP contribution in [0.5, 0.6) is 0 Å². The predicted octanol–water partition coefficient (Wildman–Crippen LogP) is 1.65. The van der Waals surface area contributed by atoms with Crippen LogP contribution in [-0.4, -0.2) is 26.3 Å². The fraction of sp³-hybridized carbons (Fsp3) is 1.00. The Kier molecular flexibility index (Phi) is 5.47. The zero-order valence-electron chi connectivity index (χ0n) is 11.0. The molecule has 0 heterocycles. The molecule has 0 saturated heterocycles. The van der Waals surface area contributed by atoms with Crippen molar-refractivity contribution in [3.05, 3.63) is 0 Å². The Morgan fingerprint density at radius 1 is 1.28 bits per heavy atom. The number of nitrogens with two attached hydrogens (primary N) is 1. The van der Waals surface area contributed by atoms with Crippen LogP contribution in [0, 0.1) is 11.8 Å². The highest BCUT2D eigenvalue weighted by Gasteiger charge is 2.41. The van der Waals surface area contributed by atoms with Crippen molar-refractivity contribution in [2.75, 3.05) is 12.3 Å². The summed E-state index contributed by atoms with van der Waals surface area (Å²) >= 11 is 0. The third kappa shape index (κ3) is 3.83. The Hall–Kier alpha value is 0.160. The Morgan fingerprint density at radius 2 is 1.94 bits per heavy atom. The highest BCUT2D eigenvalue weighted by atomic mass is 35.5. The molecule has 0 bridgehead atoms. The number of nitrogens with one attached hydrogen (secondary N) is 1. The second-order valence-electron chi connectivity index (χ2n) is 5.83. The molecule has 2 fully saturated rings. The van der Waals surface area contributed by atoms with Crippen LogP contribution >= 0.6 is 12.4 Å². The van der Waals surface area contributed by atoms with Crippen molar-refractivity contribution >= 4 is 22.4 Å². The lowest BCUT2D eigenvalue weighted by Crippen LogP contribution is -2.59. The molecule has 0 amide bonds. The third-order valence-electron chi connectivity index (χ3n) is 4.33. The fourth-order valence-electron chi connectivity index (χ4n) is 2.86. The van der Waals surface area contributed by atoms with Gasteiger partial charge in [0.1, 0.15) is 0 Å². The lowest BCUT2D eigenvalue weighted by atomic mass is 9.74. The first-order valence-electron chi connectivity index (χ1n) is 6.69. The van der Waals surface area contributed by atoms with E-state index in [0.717, 1.165) is 32.1 Å². The van der Waals surface area contributed by atoms with Crippen LogP contribution in [0.25, 0.3) is 0 Å². The Balaban J connectivity index is 0.00000162. The third-order valence-corrected chi connectivity index (χ3v) is 5.96. The predicted molar refractivity (Wildman–Crippen MR) is 76.3 cm³/mol. The van der Waals surface area contributed by atoms with Crippen LogP contribution < -0.4 is 10.5 Å². The maximum atomic E-state index is 12.1. The molecule has 0 aromatic rings. The van der Waals surface area contributed by atoms with E-state index in [-0.39, 0.29) is 17.9 Å². The normalized spacial score (nSPS) is 32.9. The van der Waals surface area contributed by atoms with Crippen molar-refractivity contribution in [3.63, 3.8) is 0 Å². The standard InChI is InChI=1S/C12H24N2O2S.ClH/c1-10-4-2-3-7-12(10,9-13)14-17(15,16)8-11-5-6-11;/h10-11,14H,2-9,13H2,1H3;1H. The van der Waals surface area contributed by atoms with E-state index in [4.69, 9.17) is 5.73 Å². The molecule has 4 nitrogen and oxygen atoms in total. The van der Waals surface area contributed by atoms with Crippen LogP contribution in [0.2, 0.25) is 0 Å². The van der Waals surface area contributed by atoms with Crippen molar-refractivity contribution in [3.8, 4) is 0 Å². The summed E-state index contributed by atoms with van der Waals surface area (Å²) in [5.74, 6) is 1.03. The first kappa shape index (κ1) is 16.2. The van der Waals surface area contributed by atoms with Crippen molar-refractivity contribution in [1.29, 1.82) is 0 Å². The highest BCUT2D eigenvalue weighted by molar-refractivity contribution is 7.89. The Bertz CT molecular complexity index is 370. The molecule has 0 spiro atoms. The van der Waals surface area contributed by atoms with Crippen LogP contribution in [-0.2, 0) is 10.0 Å². The molecule has 108 valence electrons. The number of rotatable bonds is 5. The van der Waals surface area contributed by atoms with E-state index in [2.05, 4.69) is 11.6 Å². The highest BCUT2D eigenvalue weighted by Crippen LogP contribution is 2.35. The molecule has 2 rings (SSSR count). The van der Waals surface area contributed by atoms with E-state index in [1.54, 1.807) is 0 Å². The molecule has 2 atom stereocenters. The topological polar surface area (TPSA) is 72.2 Å². The maximum absolute atomic E-state index is 12.1. The minimum absolute atomic E-state index is 0. The van der Waals surface area contributed by atoms with Crippen molar-refractivity contribution in [1.82, 2.24) is 4.72 Å². The molecule has 0 radical (unpaired) electrons. The van der Waals surface area contributed by atoms with Gasteiger partial charge < -0.3 is 5.73 Å². The minimum atomic E-state index is -3.15. The van der Waals surface area contributed by atoms with E-state index >= 15 is 0 Å². The number of hydrogen-bond donors (Lipinski definition) is 2. The van der Waals surface area contributed by atoms with Gasteiger partial charge in [0.25, 0.3) is 0 Å². The van der Waals surface area contributed by atoms with Gasteiger partial charge in [-0.05, 0) is 37.5 Å². The van der Waals surface area contributed by atoms with E-state index < -0.39 is 10.0 Å². The minimum Gasteiger partial charge on any atom is -0.329 e. The van der Waals surface area contributed by atoms with Gasteiger partial charge in [-0.1, -0.05) is 19.8 Å². The van der Waals surface area contributed by atoms with E-state index in [1.807, 2.05) is 0 Å². The van der Waals surface area contributed by atoms with Crippen LogP contribution in [0.3, 0.4) is 0 Å². The number of sulfonamides is 1. The smallest absolute Gasteiger partial charge is 0.212 e. The molecule has 2 aliphatic carbocycles. The van der Waals surface area contributed by atoms with Gasteiger partial charge in [-0.25, -0.2) is 13.1 Å². The van der Waals surface area contributed by atoms with Gasteiger partial charge in [0, 0.05) is 12.1 Å². The number of hydrogen-bond acceptors (Lipinski definition) is 3. The Morgan fingerprint density at radius 3 is 2.44 bits per heavy atom. The van der Waals surface area contributed by atoms with Crippen molar-refractivity contribution < 1.29 is 8.42 Å². The maximum Gasteiger partial charge on any atom is 0.212 e. The second-order valence-corrected chi connectivity index (χ2v) is 7.60. The van der Waals surface area contributed by atoms with Gasteiger partial charge in [0.2, 0.25) is 10.0 Å². The summed E-state index contributed by atoms with van der Waals surface area (Å²) in [4.78, 5) is 0. The van der Waals surface area contributed by atoms with Crippen LogP contribution in [0.1, 0.15) is 45.4 Å². The van der Waals surface area contributed by atoms with E-state index in [0.29, 0.717) is 24.1 Å². The molecule has 2 unspecified atom stereocenters. The first-order valence-corrected chi connectivity index (χ1v) is 8.34. The molecule has 6 heteroatoms. The van der Waals surface area contributed by atoms with Crippen LogP contribution in [0.15, 0.2) is 0 Å². The Labute approximate surface area is 117 Å². The molecule has 2 aliphatic rings. The molecular formula is C12H25ClN2O2S. The van der Waals surface area contributed by atoms with Gasteiger partial charge in [0.05, 0.1) is 5.75 Å². The van der Waals surface area contributed by atoms with Crippen molar-refractivity contribution in [2.45, 2.75) is 51.0 Å². The summed E-state index contributed by atoms with van der Waals surface area (Å²) in [5, 5.41) is 0. The first-order chi connectivity index (χ1) is 7.97. The fourth-order valence-corrected chi connectivity index (χ4v) is 4.90. The van der Waals surface area contributed by atoms with Gasteiger partial charge in [-0.3, -0.25) is 0 Å². The summed E-state index contributed by atoms with van der Waals surface area (Å²) in [5.41, 5.74) is 5.47. The van der Waals surface area contributed by atoms with Gasteiger partial charge in [-0.15, -0.1) is 12.4 Å². The summed E-state index contributed by atoms with van der Waals surface area (Å²) in [7, 11) is -3.15. The second kappa shape index (κ2) is 6.07. The molecular weight excluding hydrogens is 272 g/mol.